The average molecular weight is 272 g/mol. The summed E-state index contributed by atoms with van der Waals surface area (Å²) in [5, 5.41) is 0.354. The van der Waals surface area contributed by atoms with Crippen LogP contribution in [0.15, 0.2) is 22.4 Å². The Labute approximate surface area is 110 Å². The highest BCUT2D eigenvalue weighted by Crippen LogP contribution is 2.33. The Morgan fingerprint density at radius 1 is 1.44 bits per heavy atom. The number of carbonyl (C=O) groups excluding carboxylic acids is 2. The van der Waals surface area contributed by atoms with Crippen LogP contribution in [-0.2, 0) is 19.1 Å². The van der Waals surface area contributed by atoms with Gasteiger partial charge >= 0.3 is 5.97 Å². The van der Waals surface area contributed by atoms with Gasteiger partial charge in [-0.3, -0.25) is 4.79 Å². The molecule has 0 aromatic heterocycles. The topological polar surface area (TPSA) is 55.8 Å². The number of methoxy groups -OCH3 is 1. The highest BCUT2D eigenvalue weighted by Gasteiger charge is 2.31. The lowest BCUT2D eigenvalue weighted by atomic mass is 10.2. The maximum absolute atomic E-state index is 11.9. The van der Waals surface area contributed by atoms with E-state index in [2.05, 4.69) is 4.74 Å². The number of carbonyl (C=O) groups is 2. The van der Waals surface area contributed by atoms with Crippen molar-refractivity contribution in [3.63, 3.8) is 0 Å². The predicted molar refractivity (Wildman–Crippen MR) is 65.0 cm³/mol. The van der Waals surface area contributed by atoms with Crippen LogP contribution in [0.5, 0.6) is 0 Å². The van der Waals surface area contributed by atoms with Gasteiger partial charge in [0.05, 0.1) is 25.4 Å². The molecule has 6 heteroatoms. The van der Waals surface area contributed by atoms with Crippen LogP contribution in [0.25, 0.3) is 0 Å². The van der Waals surface area contributed by atoms with Gasteiger partial charge in [0, 0.05) is 25.6 Å². The van der Waals surface area contributed by atoms with E-state index in [1.54, 1.807) is 0 Å². The molecule has 0 N–H and O–H groups in total. The maximum Gasteiger partial charge on any atom is 0.330 e. The molecule has 18 heavy (non-hydrogen) atoms. The lowest BCUT2D eigenvalue weighted by Crippen LogP contribution is -2.37. The summed E-state index contributed by atoms with van der Waals surface area (Å²) in [5.41, 5.74) is 1.02. The minimum atomic E-state index is -0.501. The minimum Gasteiger partial charge on any atom is -0.466 e. The number of rotatable bonds is 2. The third-order valence-electron chi connectivity index (χ3n) is 2.93. The van der Waals surface area contributed by atoms with E-state index in [1.165, 1.54) is 13.2 Å². The Morgan fingerprint density at radius 2 is 2.11 bits per heavy atom. The van der Waals surface area contributed by atoms with Gasteiger partial charge < -0.3 is 14.4 Å². The van der Waals surface area contributed by atoms with Crippen molar-refractivity contribution in [3.8, 4) is 0 Å². The second kappa shape index (κ2) is 5.54. The van der Waals surface area contributed by atoms with Gasteiger partial charge in [-0.15, -0.1) is 0 Å². The van der Waals surface area contributed by atoms with E-state index in [0.29, 0.717) is 42.6 Å². The van der Waals surface area contributed by atoms with Crippen LogP contribution in [0.1, 0.15) is 6.42 Å². The fraction of sp³-hybridized carbons (Fsp3) is 0.500. The zero-order chi connectivity index (χ0) is 13.1. The summed E-state index contributed by atoms with van der Waals surface area (Å²) in [6.45, 7) is 2.44. The van der Waals surface area contributed by atoms with Crippen molar-refractivity contribution in [1.29, 1.82) is 0 Å². The summed E-state index contributed by atoms with van der Waals surface area (Å²) in [6, 6.07) is 0. The van der Waals surface area contributed by atoms with Crippen LogP contribution >= 0.6 is 11.6 Å². The lowest BCUT2D eigenvalue weighted by Gasteiger charge is -2.29. The smallest absolute Gasteiger partial charge is 0.330 e. The first kappa shape index (κ1) is 13.1. The van der Waals surface area contributed by atoms with E-state index in [4.69, 9.17) is 16.3 Å². The van der Waals surface area contributed by atoms with Crippen LogP contribution in [0, 0.1) is 0 Å². The molecule has 1 aliphatic heterocycles. The Hall–Kier alpha value is -1.33. The van der Waals surface area contributed by atoms with Gasteiger partial charge in [0.15, 0.2) is 5.78 Å². The second-order valence-corrected chi connectivity index (χ2v) is 4.43. The molecule has 1 heterocycles. The van der Waals surface area contributed by atoms with E-state index >= 15 is 0 Å². The normalized spacial score (nSPS) is 22.9. The Bertz CT molecular complexity index is 435. The zero-order valence-corrected chi connectivity index (χ0v) is 10.8. The largest absolute Gasteiger partial charge is 0.466 e. The van der Waals surface area contributed by atoms with Gasteiger partial charge in [-0.1, -0.05) is 11.6 Å². The Kier molecular flexibility index (Phi) is 4.04. The van der Waals surface area contributed by atoms with Crippen molar-refractivity contribution >= 4 is 23.4 Å². The standard InChI is InChI=1S/C12H14ClNO4/c1-17-10(16)7-8-6-9(15)12(11(8)13)14-2-4-18-5-3-14/h7H,2-6H2,1H3/b8-7+. The number of ether oxygens (including phenoxy) is 2. The average Bonchev–Trinajstić information content (AvgIpc) is 2.65. The first-order valence-corrected chi connectivity index (χ1v) is 6.06. The molecule has 0 aromatic rings. The quantitative estimate of drug-likeness (QED) is 0.550. The number of Topliss-reactive ketones (excluding diaryl/α,β-unsaturated/α-hetero) is 1. The van der Waals surface area contributed by atoms with Crippen molar-refractivity contribution < 1.29 is 19.1 Å². The summed E-state index contributed by atoms with van der Waals surface area (Å²) >= 11 is 6.17. The monoisotopic (exact) mass is 271 g/mol. The van der Waals surface area contributed by atoms with Crippen LogP contribution in [0.3, 0.4) is 0 Å². The van der Waals surface area contributed by atoms with Gasteiger partial charge in [-0.25, -0.2) is 4.79 Å². The molecule has 0 unspecified atom stereocenters. The highest BCUT2D eigenvalue weighted by atomic mass is 35.5. The zero-order valence-electron chi connectivity index (χ0n) is 10.1. The minimum absolute atomic E-state index is 0.0583. The highest BCUT2D eigenvalue weighted by molar-refractivity contribution is 6.36. The lowest BCUT2D eigenvalue weighted by molar-refractivity contribution is -0.134. The number of halogens is 1. The van der Waals surface area contributed by atoms with Crippen molar-refractivity contribution in [3.05, 3.63) is 22.4 Å². The molecular formula is C12H14ClNO4. The maximum atomic E-state index is 11.9. The van der Waals surface area contributed by atoms with E-state index in [9.17, 15) is 9.59 Å². The molecule has 1 saturated heterocycles. The molecule has 2 aliphatic rings. The molecule has 0 aromatic carbocycles. The molecule has 0 amide bonds. The van der Waals surface area contributed by atoms with Gasteiger partial charge in [0.2, 0.25) is 0 Å². The molecule has 98 valence electrons. The molecule has 0 atom stereocenters. The molecule has 0 saturated carbocycles. The van der Waals surface area contributed by atoms with Crippen LogP contribution < -0.4 is 0 Å². The number of morpholine rings is 1. The molecule has 0 spiro atoms. The first-order chi connectivity index (χ1) is 8.63. The summed E-state index contributed by atoms with van der Waals surface area (Å²) in [5.74, 6) is -0.559. The van der Waals surface area contributed by atoms with Gasteiger partial charge in [-0.2, -0.15) is 0 Å². The van der Waals surface area contributed by atoms with Crippen molar-refractivity contribution in [2.24, 2.45) is 0 Å². The summed E-state index contributed by atoms with van der Waals surface area (Å²) in [6.07, 6.45) is 1.42. The van der Waals surface area contributed by atoms with Crippen molar-refractivity contribution in [1.82, 2.24) is 4.90 Å². The number of hydrogen-bond donors (Lipinski definition) is 0. The Morgan fingerprint density at radius 3 is 2.72 bits per heavy atom. The summed E-state index contributed by atoms with van der Waals surface area (Å²) in [7, 11) is 1.29. The number of hydrogen-bond acceptors (Lipinski definition) is 5. The van der Waals surface area contributed by atoms with E-state index in [0.717, 1.165) is 0 Å². The van der Waals surface area contributed by atoms with Crippen LogP contribution in [0.2, 0.25) is 0 Å². The van der Waals surface area contributed by atoms with E-state index in [-0.39, 0.29) is 12.2 Å². The molecule has 0 radical (unpaired) electrons. The summed E-state index contributed by atoms with van der Waals surface area (Å²) in [4.78, 5) is 25.0. The number of allylic oxidation sites excluding steroid dienone is 3. The second-order valence-electron chi connectivity index (χ2n) is 4.05. The fourth-order valence-electron chi connectivity index (χ4n) is 2.03. The van der Waals surface area contributed by atoms with Gasteiger partial charge in [0.1, 0.15) is 5.70 Å². The summed E-state index contributed by atoms with van der Waals surface area (Å²) < 4.78 is 9.77. The number of esters is 1. The molecule has 5 nitrogen and oxygen atoms in total. The molecule has 1 fully saturated rings. The first-order valence-electron chi connectivity index (χ1n) is 5.68. The van der Waals surface area contributed by atoms with E-state index in [1.807, 2.05) is 4.90 Å². The van der Waals surface area contributed by atoms with Gasteiger partial charge in [0.25, 0.3) is 0 Å². The van der Waals surface area contributed by atoms with Crippen LogP contribution in [0.4, 0.5) is 0 Å². The Balaban J connectivity index is 2.24. The number of ketones is 1. The fourth-order valence-corrected chi connectivity index (χ4v) is 2.37. The molecule has 0 bridgehead atoms. The third-order valence-corrected chi connectivity index (χ3v) is 3.35. The van der Waals surface area contributed by atoms with Gasteiger partial charge in [-0.05, 0) is 5.57 Å². The third kappa shape index (κ3) is 2.57. The van der Waals surface area contributed by atoms with Crippen molar-refractivity contribution in [2.75, 3.05) is 33.4 Å². The van der Waals surface area contributed by atoms with E-state index < -0.39 is 5.97 Å². The molecular weight excluding hydrogens is 258 g/mol. The molecule has 1 aliphatic carbocycles. The number of nitrogens with zero attached hydrogens (tertiary/aromatic N) is 1. The molecule has 2 rings (SSSR count). The van der Waals surface area contributed by atoms with Crippen molar-refractivity contribution in [2.45, 2.75) is 6.42 Å². The SMILES string of the molecule is COC(=O)/C=C1\CC(=O)C(N2CCOCC2)=C1Cl. The van der Waals surface area contributed by atoms with Crippen LogP contribution in [-0.4, -0.2) is 50.1 Å². The predicted octanol–water partition coefficient (Wildman–Crippen LogP) is 0.841.